The number of benzene rings is 1. The number of hydrogen-bond acceptors (Lipinski definition) is 4. The van der Waals surface area contributed by atoms with E-state index in [1.54, 1.807) is 12.4 Å². The first-order valence-electron chi connectivity index (χ1n) is 5.67. The van der Waals surface area contributed by atoms with Crippen molar-refractivity contribution in [3.8, 4) is 5.75 Å². The van der Waals surface area contributed by atoms with Crippen molar-refractivity contribution in [3.63, 3.8) is 0 Å². The van der Waals surface area contributed by atoms with Crippen molar-refractivity contribution in [2.45, 2.75) is 6.54 Å². The molecule has 6 heteroatoms. The minimum Gasteiger partial charge on any atom is -0.497 e. The van der Waals surface area contributed by atoms with Crippen molar-refractivity contribution in [1.29, 1.82) is 5.41 Å². The molecule has 0 heterocycles. The smallest absolute Gasteiger partial charge is 0.392 e. The molecule has 0 aliphatic rings. The molecule has 1 rings (SSSR count). The molecule has 0 unspecified atom stereocenters. The van der Waals surface area contributed by atoms with Crippen LogP contribution in [0.25, 0.3) is 0 Å². The average Bonchev–Trinajstić information content (AvgIpc) is 2.42. The van der Waals surface area contributed by atoms with Gasteiger partial charge >= 0.3 is 5.97 Å². The minimum atomic E-state index is -0.510. The zero-order chi connectivity index (χ0) is 14.3. The molecule has 0 aliphatic carbocycles. The largest absolute Gasteiger partial charge is 0.497 e. The Morgan fingerprint density at radius 2 is 2.00 bits per heavy atom. The van der Waals surface area contributed by atoms with Crippen LogP contribution in [0.2, 0.25) is 0 Å². The van der Waals surface area contributed by atoms with E-state index >= 15 is 0 Å². The minimum absolute atomic E-state index is 0.189. The van der Waals surface area contributed by atoms with Crippen LogP contribution in [0.4, 0.5) is 0 Å². The van der Waals surface area contributed by atoms with E-state index in [1.165, 1.54) is 13.2 Å². The summed E-state index contributed by atoms with van der Waals surface area (Å²) < 4.78 is 9.69. The molecule has 1 aromatic carbocycles. The lowest BCUT2D eigenvalue weighted by molar-refractivity contribution is -0.618. The highest BCUT2D eigenvalue weighted by atomic mass is 16.5. The summed E-state index contributed by atoms with van der Waals surface area (Å²) >= 11 is 0. The van der Waals surface area contributed by atoms with Gasteiger partial charge in [0.25, 0.3) is 0 Å². The lowest BCUT2D eigenvalue weighted by atomic mass is 10.2. The standard InChI is InChI=1S/C13H17N3O3/c1-18-10-5-3-9(4-6-10)8-16-11(7-12(14)15)13(17)19-2/h3-7,16H,8H2,1-2H3,(H3,14,15)/p+1/b11-7-. The van der Waals surface area contributed by atoms with E-state index in [0.29, 0.717) is 6.54 Å². The summed E-state index contributed by atoms with van der Waals surface area (Å²) in [6.07, 6.45) is 1.27. The van der Waals surface area contributed by atoms with Crippen LogP contribution in [0.5, 0.6) is 5.75 Å². The quantitative estimate of drug-likeness (QED) is 0.285. The number of ether oxygens (including phenoxy) is 2. The van der Waals surface area contributed by atoms with Crippen molar-refractivity contribution < 1.29 is 19.6 Å². The maximum Gasteiger partial charge on any atom is 0.392 e. The number of nitrogens with one attached hydrogen (secondary N) is 1. The Morgan fingerprint density at radius 1 is 1.37 bits per heavy atom. The van der Waals surface area contributed by atoms with Crippen molar-refractivity contribution >= 4 is 11.8 Å². The zero-order valence-electron chi connectivity index (χ0n) is 11.0. The van der Waals surface area contributed by atoms with E-state index in [1.807, 2.05) is 24.3 Å². The van der Waals surface area contributed by atoms with Gasteiger partial charge in [-0.2, -0.15) is 0 Å². The number of quaternary nitrogens is 1. The molecule has 102 valence electrons. The van der Waals surface area contributed by atoms with Gasteiger partial charge in [-0.05, 0) is 24.3 Å². The van der Waals surface area contributed by atoms with Crippen LogP contribution < -0.4 is 15.8 Å². The molecule has 5 N–H and O–H groups in total. The monoisotopic (exact) mass is 264 g/mol. The van der Waals surface area contributed by atoms with Crippen LogP contribution in [-0.2, 0) is 16.1 Å². The molecule has 0 saturated carbocycles. The van der Waals surface area contributed by atoms with Gasteiger partial charge in [0.2, 0.25) is 5.70 Å². The van der Waals surface area contributed by atoms with Crippen molar-refractivity contribution in [2.24, 2.45) is 5.73 Å². The Morgan fingerprint density at radius 3 is 2.47 bits per heavy atom. The highest BCUT2D eigenvalue weighted by molar-refractivity contribution is 5.97. The Balaban J connectivity index is 2.70. The Bertz CT molecular complexity index is 480. The van der Waals surface area contributed by atoms with Crippen LogP contribution in [-0.4, -0.2) is 26.0 Å². The number of carbonyl (C=O) groups excluding carboxylic acids is 1. The molecule has 6 nitrogen and oxygen atoms in total. The Hall–Kier alpha value is -2.34. The van der Waals surface area contributed by atoms with Crippen LogP contribution in [0, 0.1) is 5.41 Å². The van der Waals surface area contributed by atoms with Crippen molar-refractivity contribution in [2.75, 3.05) is 14.2 Å². The average molecular weight is 264 g/mol. The number of carbonyl (C=O) groups is 1. The maximum absolute atomic E-state index is 11.5. The van der Waals surface area contributed by atoms with E-state index in [2.05, 4.69) is 4.74 Å². The molecule has 0 fully saturated rings. The van der Waals surface area contributed by atoms with E-state index in [9.17, 15) is 4.79 Å². The van der Waals surface area contributed by atoms with Gasteiger partial charge < -0.3 is 20.5 Å². The van der Waals surface area contributed by atoms with Gasteiger partial charge in [-0.25, -0.2) is 4.79 Å². The van der Waals surface area contributed by atoms with E-state index in [-0.39, 0.29) is 11.5 Å². The van der Waals surface area contributed by atoms with Crippen molar-refractivity contribution in [3.05, 3.63) is 41.6 Å². The maximum atomic E-state index is 11.5. The Labute approximate surface area is 111 Å². The first-order chi connectivity index (χ1) is 9.06. The molecule has 0 bridgehead atoms. The lowest BCUT2D eigenvalue weighted by Crippen LogP contribution is -2.82. The molecule has 0 amide bonds. The van der Waals surface area contributed by atoms with Gasteiger partial charge in [-0.1, -0.05) is 0 Å². The molecule has 19 heavy (non-hydrogen) atoms. The summed E-state index contributed by atoms with van der Waals surface area (Å²) in [7, 11) is 2.89. The highest BCUT2D eigenvalue weighted by Gasteiger charge is 2.14. The fraction of sp³-hybridized carbons (Fsp3) is 0.231. The van der Waals surface area contributed by atoms with Crippen LogP contribution >= 0.6 is 0 Å². The molecular weight excluding hydrogens is 246 g/mol. The second-order valence-electron chi connectivity index (χ2n) is 3.80. The lowest BCUT2D eigenvalue weighted by Gasteiger charge is -2.05. The topological polar surface area (TPSA) is 102 Å². The fourth-order valence-electron chi connectivity index (χ4n) is 1.48. The first kappa shape index (κ1) is 14.7. The third kappa shape index (κ3) is 4.81. The van der Waals surface area contributed by atoms with Crippen LogP contribution in [0.15, 0.2) is 36.0 Å². The molecular formula is C13H18N3O3+. The normalized spacial score (nSPS) is 10.9. The van der Waals surface area contributed by atoms with Gasteiger partial charge in [-0.3, -0.25) is 5.41 Å². The summed E-state index contributed by atoms with van der Waals surface area (Å²) in [5.74, 6) is 0.0753. The summed E-state index contributed by atoms with van der Waals surface area (Å²) in [5, 5.41) is 8.86. The number of methoxy groups -OCH3 is 2. The number of rotatable bonds is 6. The molecule has 0 saturated heterocycles. The Kier molecular flexibility index (Phi) is 5.56. The fourth-order valence-corrected chi connectivity index (χ4v) is 1.48. The highest BCUT2D eigenvalue weighted by Crippen LogP contribution is 2.10. The van der Waals surface area contributed by atoms with Gasteiger partial charge in [-0.15, -0.1) is 0 Å². The summed E-state index contributed by atoms with van der Waals surface area (Å²) in [4.78, 5) is 11.5. The molecule has 0 aliphatic heterocycles. The molecule has 0 spiro atoms. The van der Waals surface area contributed by atoms with Gasteiger partial charge in [0, 0.05) is 11.6 Å². The van der Waals surface area contributed by atoms with E-state index in [0.717, 1.165) is 11.3 Å². The van der Waals surface area contributed by atoms with Gasteiger partial charge in [0.1, 0.15) is 18.1 Å². The molecule has 0 aromatic heterocycles. The zero-order valence-corrected chi connectivity index (χ0v) is 11.0. The molecule has 1 aromatic rings. The van der Waals surface area contributed by atoms with E-state index in [4.69, 9.17) is 15.9 Å². The summed E-state index contributed by atoms with van der Waals surface area (Å²) in [6, 6.07) is 7.49. The second-order valence-corrected chi connectivity index (χ2v) is 3.80. The van der Waals surface area contributed by atoms with Crippen LogP contribution in [0.3, 0.4) is 0 Å². The third-order valence-electron chi connectivity index (χ3n) is 2.45. The summed E-state index contributed by atoms with van der Waals surface area (Å²) in [5.41, 5.74) is 6.54. The van der Waals surface area contributed by atoms with Gasteiger partial charge in [0.15, 0.2) is 0 Å². The number of hydrogen-bond donors (Lipinski definition) is 3. The van der Waals surface area contributed by atoms with E-state index < -0.39 is 5.97 Å². The molecule has 0 radical (unpaired) electrons. The third-order valence-corrected chi connectivity index (χ3v) is 2.45. The molecule has 0 atom stereocenters. The number of nitrogens with two attached hydrogens (primary N) is 2. The van der Waals surface area contributed by atoms with Crippen LogP contribution in [0.1, 0.15) is 5.56 Å². The van der Waals surface area contributed by atoms with Gasteiger partial charge in [0.05, 0.1) is 14.2 Å². The summed E-state index contributed by atoms with van der Waals surface area (Å²) in [6.45, 7) is 0.540. The predicted octanol–water partition coefficient (Wildman–Crippen LogP) is -0.249. The van der Waals surface area contributed by atoms with Crippen molar-refractivity contribution in [1.82, 2.24) is 0 Å². The second kappa shape index (κ2) is 7.17. The first-order valence-corrected chi connectivity index (χ1v) is 5.67. The number of amidine groups is 1. The SMILES string of the molecule is COC(=O)/C(=C/C(=N)N)[NH2+]Cc1ccc(OC)cc1. The predicted molar refractivity (Wildman–Crippen MR) is 70.6 cm³/mol. The number of esters is 1.